The van der Waals surface area contributed by atoms with Crippen molar-refractivity contribution >= 4 is 16.9 Å². The zero-order valence-electron chi connectivity index (χ0n) is 15.3. The van der Waals surface area contributed by atoms with Crippen LogP contribution in [0, 0.1) is 0 Å². The third-order valence-electron chi connectivity index (χ3n) is 4.90. The van der Waals surface area contributed by atoms with Crippen LogP contribution in [0.2, 0.25) is 0 Å². The third kappa shape index (κ3) is 2.96. The molecule has 5 aromatic rings. The number of aromatic nitrogens is 3. The van der Waals surface area contributed by atoms with Crippen molar-refractivity contribution in [1.82, 2.24) is 14.7 Å². The minimum atomic E-state index is -0.445. The monoisotopic (exact) mass is 380 g/mol. The fourth-order valence-electron chi connectivity index (χ4n) is 3.51. The standard InChI is InChI=1S/C23H16N4O2/c24-23(28)19-7-2-1-6-18(19)15-4-3-5-17(12-15)27-14-25-20-13-16(8-9-21(20)27)22-10-11-26-29-22/h1-14H,(H2,24,28). The molecular formula is C23H16N4O2. The molecule has 0 spiro atoms. The van der Waals surface area contributed by atoms with Gasteiger partial charge < -0.3 is 10.3 Å². The van der Waals surface area contributed by atoms with Crippen molar-refractivity contribution in [1.29, 1.82) is 0 Å². The lowest BCUT2D eigenvalue weighted by molar-refractivity contribution is 0.100. The predicted octanol–water partition coefficient (Wildman–Crippen LogP) is 4.45. The van der Waals surface area contributed by atoms with E-state index < -0.39 is 5.91 Å². The summed E-state index contributed by atoms with van der Waals surface area (Å²) in [4.78, 5) is 16.3. The van der Waals surface area contributed by atoms with Gasteiger partial charge in [-0.3, -0.25) is 9.36 Å². The van der Waals surface area contributed by atoms with Gasteiger partial charge in [0.15, 0.2) is 5.76 Å². The zero-order valence-corrected chi connectivity index (χ0v) is 15.3. The molecule has 0 radical (unpaired) electrons. The minimum Gasteiger partial charge on any atom is -0.366 e. The lowest BCUT2D eigenvalue weighted by atomic mass is 9.99. The molecule has 0 atom stereocenters. The van der Waals surface area contributed by atoms with Crippen molar-refractivity contribution in [3.63, 3.8) is 0 Å². The average Bonchev–Trinajstić information content (AvgIpc) is 3.43. The number of nitrogens with zero attached hydrogens (tertiary/aromatic N) is 3. The molecule has 2 heterocycles. The van der Waals surface area contributed by atoms with Gasteiger partial charge in [0.1, 0.15) is 6.33 Å². The molecule has 0 saturated carbocycles. The number of carbonyl (C=O) groups is 1. The summed E-state index contributed by atoms with van der Waals surface area (Å²) >= 11 is 0. The van der Waals surface area contributed by atoms with Crippen LogP contribution in [0.25, 0.3) is 39.2 Å². The molecular weight excluding hydrogens is 364 g/mol. The molecule has 0 fully saturated rings. The molecule has 2 N–H and O–H groups in total. The Bertz CT molecular complexity index is 1340. The van der Waals surface area contributed by atoms with Gasteiger partial charge >= 0.3 is 0 Å². The molecule has 3 aromatic carbocycles. The summed E-state index contributed by atoms with van der Waals surface area (Å²) in [5.41, 5.74) is 11.4. The highest BCUT2D eigenvalue weighted by atomic mass is 16.5. The van der Waals surface area contributed by atoms with E-state index in [-0.39, 0.29) is 0 Å². The Morgan fingerprint density at radius 3 is 2.66 bits per heavy atom. The van der Waals surface area contributed by atoms with E-state index in [1.165, 1.54) is 0 Å². The molecule has 0 unspecified atom stereocenters. The number of rotatable bonds is 4. The van der Waals surface area contributed by atoms with E-state index >= 15 is 0 Å². The Labute approximate surface area is 166 Å². The molecule has 0 aliphatic rings. The summed E-state index contributed by atoms with van der Waals surface area (Å²) in [7, 11) is 0. The second kappa shape index (κ2) is 6.76. The van der Waals surface area contributed by atoms with E-state index in [0.717, 1.165) is 33.4 Å². The summed E-state index contributed by atoms with van der Waals surface area (Å²) < 4.78 is 7.24. The molecule has 0 saturated heterocycles. The van der Waals surface area contributed by atoms with Gasteiger partial charge in [-0.25, -0.2) is 4.98 Å². The van der Waals surface area contributed by atoms with Crippen LogP contribution in [0.3, 0.4) is 0 Å². The molecule has 29 heavy (non-hydrogen) atoms. The first-order valence-corrected chi connectivity index (χ1v) is 9.08. The summed E-state index contributed by atoms with van der Waals surface area (Å²) in [5.74, 6) is 0.255. The van der Waals surface area contributed by atoms with Gasteiger partial charge in [0, 0.05) is 22.9 Å². The van der Waals surface area contributed by atoms with Crippen molar-refractivity contribution in [2.24, 2.45) is 5.73 Å². The zero-order chi connectivity index (χ0) is 19.8. The number of amides is 1. The fraction of sp³-hybridized carbons (Fsp3) is 0. The van der Waals surface area contributed by atoms with Crippen molar-refractivity contribution in [2.45, 2.75) is 0 Å². The molecule has 1 amide bonds. The van der Waals surface area contributed by atoms with Crippen LogP contribution in [-0.2, 0) is 0 Å². The van der Waals surface area contributed by atoms with Crippen molar-refractivity contribution in [3.8, 4) is 28.1 Å². The fourth-order valence-corrected chi connectivity index (χ4v) is 3.51. The Balaban J connectivity index is 1.60. The molecule has 5 rings (SSSR count). The number of carbonyl (C=O) groups excluding carboxylic acids is 1. The van der Waals surface area contributed by atoms with Gasteiger partial charge in [0.25, 0.3) is 0 Å². The molecule has 6 heteroatoms. The van der Waals surface area contributed by atoms with E-state index in [2.05, 4.69) is 10.1 Å². The van der Waals surface area contributed by atoms with E-state index in [1.54, 1.807) is 18.6 Å². The maximum absolute atomic E-state index is 11.8. The normalized spacial score (nSPS) is 11.0. The minimum absolute atomic E-state index is 0.445. The third-order valence-corrected chi connectivity index (χ3v) is 4.90. The number of hydrogen-bond acceptors (Lipinski definition) is 4. The highest BCUT2D eigenvalue weighted by Gasteiger charge is 2.12. The van der Waals surface area contributed by atoms with E-state index in [4.69, 9.17) is 10.3 Å². The lowest BCUT2D eigenvalue weighted by Gasteiger charge is -2.10. The van der Waals surface area contributed by atoms with E-state index in [9.17, 15) is 4.79 Å². The van der Waals surface area contributed by atoms with Crippen LogP contribution < -0.4 is 5.73 Å². The molecule has 6 nitrogen and oxygen atoms in total. The molecule has 140 valence electrons. The number of nitrogens with two attached hydrogens (primary N) is 1. The van der Waals surface area contributed by atoms with Crippen LogP contribution in [0.15, 0.2) is 89.8 Å². The van der Waals surface area contributed by atoms with Gasteiger partial charge in [-0.05, 0) is 47.5 Å². The summed E-state index contributed by atoms with van der Waals surface area (Å²) in [6.07, 6.45) is 3.40. The molecule has 0 aliphatic heterocycles. The lowest BCUT2D eigenvalue weighted by Crippen LogP contribution is -2.12. The number of benzene rings is 3. The number of hydrogen-bond donors (Lipinski definition) is 1. The first-order valence-electron chi connectivity index (χ1n) is 9.08. The highest BCUT2D eigenvalue weighted by Crippen LogP contribution is 2.28. The van der Waals surface area contributed by atoms with Gasteiger partial charge in [0.2, 0.25) is 5.91 Å². The van der Waals surface area contributed by atoms with Crippen molar-refractivity contribution in [3.05, 3.63) is 90.9 Å². The maximum Gasteiger partial charge on any atom is 0.249 e. The van der Waals surface area contributed by atoms with Crippen LogP contribution in [0.1, 0.15) is 10.4 Å². The van der Waals surface area contributed by atoms with Gasteiger partial charge in [-0.15, -0.1) is 0 Å². The van der Waals surface area contributed by atoms with Gasteiger partial charge in [-0.2, -0.15) is 0 Å². The van der Waals surface area contributed by atoms with E-state index in [1.807, 2.05) is 71.3 Å². The Morgan fingerprint density at radius 1 is 0.931 bits per heavy atom. The maximum atomic E-state index is 11.8. The molecule has 0 aliphatic carbocycles. The van der Waals surface area contributed by atoms with E-state index in [0.29, 0.717) is 11.3 Å². The number of primary amides is 1. The predicted molar refractivity (Wildman–Crippen MR) is 111 cm³/mol. The summed E-state index contributed by atoms with van der Waals surface area (Å²) in [5, 5.41) is 3.76. The quantitative estimate of drug-likeness (QED) is 0.499. The Hall–Kier alpha value is -4.19. The van der Waals surface area contributed by atoms with Crippen molar-refractivity contribution < 1.29 is 9.32 Å². The Morgan fingerprint density at radius 2 is 1.83 bits per heavy atom. The first kappa shape index (κ1) is 16.9. The Kier molecular flexibility index (Phi) is 3.95. The summed E-state index contributed by atoms with van der Waals surface area (Å²) in [6.45, 7) is 0. The smallest absolute Gasteiger partial charge is 0.249 e. The van der Waals surface area contributed by atoms with Crippen LogP contribution in [-0.4, -0.2) is 20.6 Å². The summed E-state index contributed by atoms with van der Waals surface area (Å²) in [6, 6.07) is 23.1. The molecule has 2 aromatic heterocycles. The highest BCUT2D eigenvalue weighted by molar-refractivity contribution is 6.00. The van der Waals surface area contributed by atoms with Gasteiger partial charge in [-0.1, -0.05) is 35.5 Å². The average molecular weight is 380 g/mol. The van der Waals surface area contributed by atoms with Gasteiger partial charge in [0.05, 0.1) is 17.2 Å². The van der Waals surface area contributed by atoms with Crippen molar-refractivity contribution in [2.75, 3.05) is 0 Å². The van der Waals surface area contributed by atoms with Crippen LogP contribution >= 0.6 is 0 Å². The second-order valence-corrected chi connectivity index (χ2v) is 6.65. The number of imidazole rings is 1. The second-order valence-electron chi connectivity index (χ2n) is 6.65. The SMILES string of the molecule is NC(=O)c1ccccc1-c1cccc(-n2cnc3cc(-c4ccno4)ccc32)c1. The van der Waals surface area contributed by atoms with Crippen LogP contribution in [0.4, 0.5) is 0 Å². The molecule has 0 bridgehead atoms. The van der Waals surface area contributed by atoms with Crippen LogP contribution in [0.5, 0.6) is 0 Å². The first-order chi connectivity index (χ1) is 14.2. The number of fused-ring (bicyclic) bond motifs is 1. The largest absolute Gasteiger partial charge is 0.366 e. The topological polar surface area (TPSA) is 86.9 Å².